The number of hydrogen-bond donors (Lipinski definition) is 2. The second kappa shape index (κ2) is 6.67. The average Bonchev–Trinajstić information content (AvgIpc) is 2.96. The highest BCUT2D eigenvalue weighted by molar-refractivity contribution is 6.30. The normalized spacial score (nSPS) is 10.7. The number of non-ortho nitro benzene ring substituents is 1. The Hall–Kier alpha value is -2.67. The third kappa shape index (κ3) is 3.90. The van der Waals surface area contributed by atoms with Crippen molar-refractivity contribution in [3.8, 4) is 0 Å². The summed E-state index contributed by atoms with van der Waals surface area (Å²) in [6.45, 7) is 0. The molecule has 0 atom stereocenters. The van der Waals surface area contributed by atoms with Gasteiger partial charge in [0.25, 0.3) is 5.69 Å². The average molecular weight is 307 g/mol. The molecule has 0 spiro atoms. The molecule has 8 heteroatoms. The Morgan fingerprint density at radius 2 is 2.14 bits per heavy atom. The molecule has 0 bridgehead atoms. The SMILES string of the molecule is O=C(CCl)c1c[nH]c(C=NNc2ccc([N+](=O)[O-])cc2)c1. The van der Waals surface area contributed by atoms with E-state index in [1.54, 1.807) is 24.4 Å². The molecular formula is C13H11ClN4O3. The maximum Gasteiger partial charge on any atom is 0.269 e. The van der Waals surface area contributed by atoms with Crippen LogP contribution in [-0.4, -0.2) is 27.8 Å². The van der Waals surface area contributed by atoms with E-state index in [9.17, 15) is 14.9 Å². The number of anilines is 1. The number of nitrogens with one attached hydrogen (secondary N) is 2. The van der Waals surface area contributed by atoms with Crippen LogP contribution in [0.3, 0.4) is 0 Å². The number of hydrazone groups is 1. The van der Waals surface area contributed by atoms with Crippen molar-refractivity contribution in [3.05, 3.63) is 57.9 Å². The third-order valence-corrected chi connectivity index (χ3v) is 2.87. The minimum absolute atomic E-state index is 0.0122. The molecule has 2 N–H and O–H groups in total. The first kappa shape index (κ1) is 14.7. The lowest BCUT2D eigenvalue weighted by atomic mass is 10.2. The molecule has 0 aliphatic carbocycles. The molecule has 0 radical (unpaired) electrons. The summed E-state index contributed by atoms with van der Waals surface area (Å²) in [6.07, 6.45) is 3.05. The highest BCUT2D eigenvalue weighted by atomic mass is 35.5. The Kier molecular flexibility index (Phi) is 4.68. The number of carbonyl (C=O) groups excluding carboxylic acids is 1. The van der Waals surface area contributed by atoms with Crippen molar-refractivity contribution in [2.45, 2.75) is 0 Å². The number of halogens is 1. The summed E-state index contributed by atoms with van der Waals surface area (Å²) in [5, 5.41) is 14.5. The van der Waals surface area contributed by atoms with Gasteiger partial charge in [-0.15, -0.1) is 11.6 Å². The van der Waals surface area contributed by atoms with Crippen LogP contribution in [0, 0.1) is 10.1 Å². The number of rotatable bonds is 6. The summed E-state index contributed by atoms with van der Waals surface area (Å²) in [6, 6.07) is 7.48. The molecule has 0 aliphatic heterocycles. The van der Waals surface area contributed by atoms with Gasteiger partial charge in [0.1, 0.15) is 0 Å². The first-order valence-electron chi connectivity index (χ1n) is 5.91. The van der Waals surface area contributed by atoms with Crippen molar-refractivity contribution < 1.29 is 9.72 Å². The number of nitro groups is 1. The second-order valence-corrected chi connectivity index (χ2v) is 4.34. The van der Waals surface area contributed by atoms with Crippen LogP contribution in [-0.2, 0) is 0 Å². The van der Waals surface area contributed by atoms with Gasteiger partial charge in [-0.25, -0.2) is 0 Å². The van der Waals surface area contributed by atoms with E-state index in [2.05, 4.69) is 15.5 Å². The molecule has 0 fully saturated rings. The number of nitro benzene ring substituents is 1. The highest BCUT2D eigenvalue weighted by Gasteiger charge is 2.06. The van der Waals surface area contributed by atoms with Crippen molar-refractivity contribution in [3.63, 3.8) is 0 Å². The van der Waals surface area contributed by atoms with E-state index in [-0.39, 0.29) is 17.4 Å². The molecule has 2 rings (SSSR count). The molecule has 0 aliphatic rings. The van der Waals surface area contributed by atoms with Crippen LogP contribution >= 0.6 is 11.6 Å². The van der Waals surface area contributed by atoms with Gasteiger partial charge in [-0.1, -0.05) is 0 Å². The minimum Gasteiger partial charge on any atom is -0.360 e. The number of aromatic amines is 1. The first-order valence-corrected chi connectivity index (χ1v) is 6.44. The van der Waals surface area contributed by atoms with Crippen LogP contribution in [0.1, 0.15) is 16.1 Å². The molecule has 0 unspecified atom stereocenters. The highest BCUT2D eigenvalue weighted by Crippen LogP contribution is 2.15. The van der Waals surface area contributed by atoms with E-state index >= 15 is 0 Å². The number of carbonyl (C=O) groups is 1. The summed E-state index contributed by atoms with van der Waals surface area (Å²) in [5.41, 5.74) is 4.48. The van der Waals surface area contributed by atoms with Gasteiger partial charge in [0.05, 0.1) is 28.4 Å². The number of ketones is 1. The molecule has 0 amide bonds. The molecule has 1 aromatic carbocycles. The van der Waals surface area contributed by atoms with E-state index in [1.807, 2.05) is 0 Å². The van der Waals surface area contributed by atoms with E-state index in [0.717, 1.165) is 0 Å². The van der Waals surface area contributed by atoms with Gasteiger partial charge >= 0.3 is 0 Å². The predicted octanol–water partition coefficient (Wildman–Crippen LogP) is 2.79. The maximum atomic E-state index is 11.3. The number of H-pyrrole nitrogens is 1. The molecular weight excluding hydrogens is 296 g/mol. The molecule has 2 aromatic rings. The van der Waals surface area contributed by atoms with Crippen LogP contribution in [0.4, 0.5) is 11.4 Å². The van der Waals surface area contributed by atoms with E-state index in [0.29, 0.717) is 16.9 Å². The lowest BCUT2D eigenvalue weighted by Crippen LogP contribution is -1.97. The Morgan fingerprint density at radius 3 is 2.76 bits per heavy atom. The number of alkyl halides is 1. The number of benzene rings is 1. The van der Waals surface area contributed by atoms with Gasteiger partial charge in [0, 0.05) is 23.9 Å². The lowest BCUT2D eigenvalue weighted by molar-refractivity contribution is -0.384. The van der Waals surface area contributed by atoms with Gasteiger partial charge in [-0.05, 0) is 18.2 Å². The third-order valence-electron chi connectivity index (χ3n) is 2.62. The smallest absolute Gasteiger partial charge is 0.269 e. The summed E-state index contributed by atoms with van der Waals surface area (Å²) in [4.78, 5) is 24.3. The number of nitrogens with zero attached hydrogens (tertiary/aromatic N) is 2. The Labute approximate surface area is 124 Å². The van der Waals surface area contributed by atoms with E-state index in [4.69, 9.17) is 11.6 Å². The fraction of sp³-hybridized carbons (Fsp3) is 0.0769. The molecule has 1 aromatic heterocycles. The first-order chi connectivity index (χ1) is 10.1. The van der Waals surface area contributed by atoms with E-state index < -0.39 is 4.92 Å². The Balaban J connectivity index is 1.97. The van der Waals surface area contributed by atoms with E-state index in [1.165, 1.54) is 18.3 Å². The summed E-state index contributed by atoms with van der Waals surface area (Å²) in [5.74, 6) is -0.244. The summed E-state index contributed by atoms with van der Waals surface area (Å²) >= 11 is 5.46. The van der Waals surface area contributed by atoms with Crippen LogP contribution < -0.4 is 5.43 Å². The molecule has 0 saturated carbocycles. The van der Waals surface area contributed by atoms with Gasteiger partial charge in [0.15, 0.2) is 5.78 Å². The monoisotopic (exact) mass is 306 g/mol. The van der Waals surface area contributed by atoms with Crippen molar-refractivity contribution in [1.29, 1.82) is 0 Å². The zero-order chi connectivity index (χ0) is 15.2. The van der Waals surface area contributed by atoms with Crippen LogP contribution in [0.25, 0.3) is 0 Å². The second-order valence-electron chi connectivity index (χ2n) is 4.07. The Morgan fingerprint density at radius 1 is 1.43 bits per heavy atom. The maximum absolute atomic E-state index is 11.3. The zero-order valence-corrected chi connectivity index (χ0v) is 11.5. The quantitative estimate of drug-likeness (QED) is 0.282. The summed E-state index contributed by atoms with van der Waals surface area (Å²) in [7, 11) is 0. The number of hydrogen-bond acceptors (Lipinski definition) is 5. The number of aromatic nitrogens is 1. The van der Waals surface area contributed by atoms with Gasteiger partial charge in [-0.2, -0.15) is 5.10 Å². The topological polar surface area (TPSA) is 100 Å². The van der Waals surface area contributed by atoms with Crippen molar-refractivity contribution in [2.75, 3.05) is 11.3 Å². The number of Topliss-reactive ketones (excluding diaryl/α,β-unsaturated/α-hetero) is 1. The lowest BCUT2D eigenvalue weighted by Gasteiger charge is -1.98. The predicted molar refractivity (Wildman–Crippen MR) is 80.2 cm³/mol. The molecule has 0 saturated heterocycles. The standard InChI is InChI=1S/C13H11ClN4O3/c14-6-13(19)9-5-11(15-7-9)8-16-17-10-1-3-12(4-2-10)18(20)21/h1-5,7-8,15,17H,6H2. The minimum atomic E-state index is -0.471. The molecule has 108 valence electrons. The molecule has 7 nitrogen and oxygen atoms in total. The van der Waals surface area contributed by atoms with Gasteiger partial charge < -0.3 is 4.98 Å². The van der Waals surface area contributed by atoms with Crippen molar-refractivity contribution in [2.24, 2.45) is 5.10 Å². The zero-order valence-electron chi connectivity index (χ0n) is 10.7. The summed E-state index contributed by atoms with van der Waals surface area (Å²) < 4.78 is 0. The Bertz CT molecular complexity index is 679. The molecule has 21 heavy (non-hydrogen) atoms. The van der Waals surface area contributed by atoms with Crippen LogP contribution in [0.5, 0.6) is 0 Å². The van der Waals surface area contributed by atoms with Gasteiger partial charge in [-0.3, -0.25) is 20.3 Å². The fourth-order valence-electron chi connectivity index (χ4n) is 1.56. The molecule has 1 heterocycles. The van der Waals surface area contributed by atoms with Crippen LogP contribution in [0.2, 0.25) is 0 Å². The largest absolute Gasteiger partial charge is 0.360 e. The van der Waals surface area contributed by atoms with Crippen molar-refractivity contribution >= 4 is 35.0 Å². The van der Waals surface area contributed by atoms with Crippen molar-refractivity contribution in [1.82, 2.24) is 4.98 Å². The van der Waals surface area contributed by atoms with Crippen LogP contribution in [0.15, 0.2) is 41.6 Å². The fourth-order valence-corrected chi connectivity index (χ4v) is 1.71. The van der Waals surface area contributed by atoms with Gasteiger partial charge in [0.2, 0.25) is 0 Å².